The summed E-state index contributed by atoms with van der Waals surface area (Å²) >= 11 is 0. The van der Waals surface area contributed by atoms with E-state index < -0.39 is 24.3 Å². The Kier molecular flexibility index (Phi) is 12.2. The summed E-state index contributed by atoms with van der Waals surface area (Å²) in [6, 6.07) is 15.8. The summed E-state index contributed by atoms with van der Waals surface area (Å²) in [5.41, 5.74) is 6.88. The van der Waals surface area contributed by atoms with E-state index in [4.69, 9.17) is 19.4 Å². The van der Waals surface area contributed by atoms with Gasteiger partial charge >= 0.3 is 12.2 Å². The van der Waals surface area contributed by atoms with E-state index in [1.165, 1.54) is 14.2 Å². The number of carbonyl (C=O) groups excluding carboxylic acids is 4. The van der Waals surface area contributed by atoms with Crippen LogP contribution in [-0.4, -0.2) is 93.1 Å². The number of nitrogens with one attached hydrogen (secondary N) is 4. The molecule has 9 rings (SSSR count). The third-order valence-corrected chi connectivity index (χ3v) is 14.0. The van der Waals surface area contributed by atoms with E-state index in [-0.39, 0.29) is 53.6 Å². The number of ether oxygens (including phenoxy) is 2. The largest absolute Gasteiger partial charge is 0.453 e. The number of nitrogens with zero attached hydrogens (tertiary/aromatic N) is 5. The number of methoxy groups -OCH3 is 2. The van der Waals surface area contributed by atoms with Crippen LogP contribution >= 0.6 is 0 Å². The average Bonchev–Trinajstić information content (AvgIpc) is 3.83. The second kappa shape index (κ2) is 18.0. The van der Waals surface area contributed by atoms with E-state index in [0.29, 0.717) is 36.3 Å². The van der Waals surface area contributed by atoms with Gasteiger partial charge in [0.15, 0.2) is 0 Å². The van der Waals surface area contributed by atoms with Gasteiger partial charge in [-0.25, -0.2) is 23.9 Å². The zero-order chi connectivity index (χ0) is 45.7. The normalized spacial score (nSPS) is 22.0. The van der Waals surface area contributed by atoms with Crippen molar-refractivity contribution in [3.8, 4) is 0 Å². The number of benzene rings is 3. The lowest BCUT2D eigenvalue weighted by Gasteiger charge is -2.33. The molecule has 344 valence electrons. The van der Waals surface area contributed by atoms with Gasteiger partial charge in [-0.15, -0.1) is 0 Å². The zero-order valence-electron chi connectivity index (χ0n) is 38.0. The molecule has 2 aromatic heterocycles. The molecule has 15 nitrogen and oxygen atoms in total. The summed E-state index contributed by atoms with van der Waals surface area (Å²) in [5.74, 6) is 0.951. The van der Waals surface area contributed by atoms with Crippen LogP contribution in [0.15, 0.2) is 54.6 Å². The SMILES string of the molecule is COC(=O)N[C@H](C(=O)N1CCC[C@H]1c1nc2ccc(C3CC[C@H](c4ccc5nc([C@@H]6CCCN6C(=O)[C@@H](NC(=O)OC)C(C)C)[nH]c5c4)N3c3ccc(C4CC4)cc3F)cc2[nH]1)C(C)C. The molecule has 1 aliphatic carbocycles. The lowest BCUT2D eigenvalue weighted by molar-refractivity contribution is -0.136. The Hall–Kier alpha value is -6.19. The summed E-state index contributed by atoms with van der Waals surface area (Å²) in [6.07, 6.45) is 5.52. The summed E-state index contributed by atoms with van der Waals surface area (Å²) in [4.78, 5) is 75.0. The van der Waals surface area contributed by atoms with Crippen LogP contribution in [0.5, 0.6) is 0 Å². The lowest BCUT2D eigenvalue weighted by Crippen LogP contribution is -2.51. The van der Waals surface area contributed by atoms with Crippen molar-refractivity contribution in [3.63, 3.8) is 0 Å². The molecule has 3 aliphatic heterocycles. The first kappa shape index (κ1) is 44.0. The fourth-order valence-electron chi connectivity index (χ4n) is 10.4. The molecule has 0 bridgehead atoms. The molecule has 16 heteroatoms. The van der Waals surface area contributed by atoms with E-state index in [0.717, 1.165) is 90.1 Å². The van der Waals surface area contributed by atoms with Crippen molar-refractivity contribution in [3.05, 3.63) is 88.8 Å². The van der Waals surface area contributed by atoms with Gasteiger partial charge in [0.05, 0.1) is 66.1 Å². The number of H-pyrrole nitrogens is 2. The smallest absolute Gasteiger partial charge is 0.407 e. The van der Waals surface area contributed by atoms with Crippen molar-refractivity contribution in [1.82, 2.24) is 40.4 Å². The number of aromatic nitrogens is 4. The first-order chi connectivity index (χ1) is 31.3. The van der Waals surface area contributed by atoms with Crippen molar-refractivity contribution in [2.24, 2.45) is 11.8 Å². The Morgan fingerprint density at radius 2 is 1.09 bits per heavy atom. The van der Waals surface area contributed by atoms with Crippen molar-refractivity contribution >= 4 is 51.8 Å². The standard InChI is InChI=1S/C49H60FN9O6/c1-26(2)42(55-48(62)64-5)46(60)57-21-7-9-40(57)44-51-33-16-13-30(24-35(33)53-44)37-19-20-38(59(37)39-18-15-29(23-32(39)50)28-11-12-28)31-14-17-34-36(25-31)54-45(52-34)41-10-8-22-58(41)47(61)43(27(3)4)56-49(63)65-6/h13-18,23-28,37-38,40-43H,7-12,19-22H2,1-6H3,(H,51,53)(H,52,54)(H,55,62)(H,56,63)/t37-,38?,40+,41+,42+,43+/m1/s1. The van der Waals surface area contributed by atoms with Crippen molar-refractivity contribution in [2.75, 3.05) is 32.2 Å². The molecule has 4 aliphatic rings. The highest BCUT2D eigenvalue weighted by Crippen LogP contribution is 2.50. The fraction of sp³-hybridized carbons (Fsp3) is 0.510. The van der Waals surface area contributed by atoms with Gasteiger partial charge in [0, 0.05) is 13.1 Å². The maximum atomic E-state index is 16.5. The summed E-state index contributed by atoms with van der Waals surface area (Å²) in [6.45, 7) is 8.71. The van der Waals surface area contributed by atoms with Gasteiger partial charge in [-0.3, -0.25) is 9.59 Å². The van der Waals surface area contributed by atoms with Crippen molar-refractivity contribution < 1.29 is 33.0 Å². The van der Waals surface area contributed by atoms with Crippen LogP contribution in [0.1, 0.15) is 137 Å². The summed E-state index contributed by atoms with van der Waals surface area (Å²) in [5, 5.41) is 5.44. The van der Waals surface area contributed by atoms with Crippen LogP contribution in [0.4, 0.5) is 19.7 Å². The number of hydrogen-bond acceptors (Lipinski definition) is 9. The number of rotatable bonds is 12. The van der Waals surface area contributed by atoms with Crippen LogP contribution in [0.25, 0.3) is 22.1 Å². The van der Waals surface area contributed by atoms with Gasteiger partial charge in [-0.1, -0.05) is 45.9 Å². The Bertz CT molecular complexity index is 2460. The van der Waals surface area contributed by atoms with E-state index in [1.54, 1.807) is 6.07 Å². The molecule has 4 amide bonds. The third kappa shape index (κ3) is 8.59. The minimum Gasteiger partial charge on any atom is -0.453 e. The molecule has 1 unspecified atom stereocenters. The van der Waals surface area contributed by atoms with Gasteiger partial charge in [-0.05, 0) is 122 Å². The Labute approximate surface area is 378 Å². The summed E-state index contributed by atoms with van der Waals surface area (Å²) < 4.78 is 26.2. The van der Waals surface area contributed by atoms with E-state index in [9.17, 15) is 19.2 Å². The molecule has 65 heavy (non-hydrogen) atoms. The van der Waals surface area contributed by atoms with Gasteiger partial charge in [-0.2, -0.15) is 0 Å². The lowest BCUT2D eigenvalue weighted by atomic mass is 10.0. The van der Waals surface area contributed by atoms with Crippen molar-refractivity contribution in [2.45, 2.75) is 121 Å². The van der Waals surface area contributed by atoms with Gasteiger partial charge in [0.1, 0.15) is 29.5 Å². The molecule has 6 atom stereocenters. The minimum absolute atomic E-state index is 0.144. The van der Waals surface area contributed by atoms with E-state index in [2.05, 4.69) is 55.8 Å². The first-order valence-corrected chi connectivity index (χ1v) is 23.2. The number of halogens is 1. The van der Waals surface area contributed by atoms with Gasteiger partial charge in [0.2, 0.25) is 11.8 Å². The highest BCUT2D eigenvalue weighted by molar-refractivity contribution is 5.87. The number of fused-ring (bicyclic) bond motifs is 2. The van der Waals surface area contributed by atoms with Crippen LogP contribution in [0.2, 0.25) is 0 Å². The second-order valence-corrected chi connectivity index (χ2v) is 18.9. The number of likely N-dealkylation sites (tertiary alicyclic amines) is 2. The molecule has 1 saturated carbocycles. The van der Waals surface area contributed by atoms with E-state index >= 15 is 4.39 Å². The van der Waals surface area contributed by atoms with Crippen LogP contribution in [0.3, 0.4) is 0 Å². The number of anilines is 1. The quantitative estimate of drug-likeness (QED) is 0.0955. The monoisotopic (exact) mass is 889 g/mol. The highest BCUT2D eigenvalue weighted by Gasteiger charge is 2.41. The predicted octanol–water partition coefficient (Wildman–Crippen LogP) is 8.63. The highest BCUT2D eigenvalue weighted by atomic mass is 19.1. The Balaban J connectivity index is 1.01. The number of imidazole rings is 2. The van der Waals surface area contributed by atoms with Crippen molar-refractivity contribution in [1.29, 1.82) is 0 Å². The molecule has 4 fully saturated rings. The number of amides is 4. The van der Waals surface area contributed by atoms with Crippen LogP contribution < -0.4 is 15.5 Å². The first-order valence-electron chi connectivity index (χ1n) is 23.2. The maximum Gasteiger partial charge on any atom is 0.407 e. The second-order valence-electron chi connectivity index (χ2n) is 18.9. The number of hydrogen-bond donors (Lipinski definition) is 4. The molecule has 3 saturated heterocycles. The average molecular weight is 890 g/mol. The molecule has 4 N–H and O–H groups in total. The number of alkyl carbamates (subject to hydrolysis) is 2. The Morgan fingerprint density at radius 1 is 0.631 bits per heavy atom. The zero-order valence-corrected chi connectivity index (χ0v) is 38.0. The molecule has 0 spiro atoms. The van der Waals surface area contributed by atoms with Gasteiger partial charge < -0.3 is 44.8 Å². The Morgan fingerprint density at radius 3 is 1.51 bits per heavy atom. The van der Waals surface area contributed by atoms with Gasteiger partial charge in [0.25, 0.3) is 0 Å². The molecule has 0 radical (unpaired) electrons. The predicted molar refractivity (Wildman–Crippen MR) is 243 cm³/mol. The molecule has 5 aromatic rings. The number of carbonyl (C=O) groups is 4. The van der Waals surface area contributed by atoms with E-state index in [1.807, 2.05) is 55.7 Å². The molecular formula is C49H60FN9O6. The topological polar surface area (TPSA) is 178 Å². The molecule has 3 aromatic carbocycles. The number of aromatic amines is 2. The summed E-state index contributed by atoms with van der Waals surface area (Å²) in [7, 11) is 2.57. The van der Waals surface area contributed by atoms with Crippen LogP contribution in [0, 0.1) is 17.7 Å². The maximum absolute atomic E-state index is 16.5. The third-order valence-electron chi connectivity index (χ3n) is 14.0. The molecule has 5 heterocycles. The van der Waals surface area contributed by atoms with Crippen LogP contribution in [-0.2, 0) is 19.1 Å². The fourth-order valence-corrected chi connectivity index (χ4v) is 10.4. The molecular weight excluding hydrogens is 830 g/mol. The minimum atomic E-state index is -0.732.